The van der Waals surface area contributed by atoms with E-state index in [1.165, 1.54) is 33.9 Å². The number of carbonyl (C=O) groups excluding carboxylic acids is 1. The lowest BCUT2D eigenvalue weighted by molar-refractivity contribution is -0.00177. The highest BCUT2D eigenvalue weighted by atomic mass is 19.1. The molecule has 0 aliphatic heterocycles. The Labute approximate surface area is 184 Å². The second kappa shape index (κ2) is 9.03. The SMILES string of the molecule is CC(C)(F)CNc1cc(Nc2ccn3nccc3n2)ncc1C(=O)NCC(F)C(C)(C)O. The van der Waals surface area contributed by atoms with E-state index in [1.807, 2.05) is 0 Å². The molecule has 0 aromatic carbocycles. The third-order valence-electron chi connectivity index (χ3n) is 4.57. The van der Waals surface area contributed by atoms with Gasteiger partial charge >= 0.3 is 0 Å². The van der Waals surface area contributed by atoms with Crippen LogP contribution in [0.5, 0.6) is 0 Å². The number of nitrogens with one attached hydrogen (secondary N) is 3. The Bertz CT molecular complexity index is 1090. The number of alkyl halides is 2. The number of nitrogens with zero attached hydrogens (tertiary/aromatic N) is 4. The minimum absolute atomic E-state index is 0.0633. The summed E-state index contributed by atoms with van der Waals surface area (Å²) >= 11 is 0. The molecule has 0 aliphatic carbocycles. The number of fused-ring (bicyclic) bond motifs is 1. The zero-order chi connectivity index (χ0) is 23.5. The molecule has 32 heavy (non-hydrogen) atoms. The molecule has 0 radical (unpaired) electrons. The van der Waals surface area contributed by atoms with Crippen molar-refractivity contribution in [1.82, 2.24) is 24.9 Å². The van der Waals surface area contributed by atoms with Gasteiger partial charge in [0.25, 0.3) is 5.91 Å². The van der Waals surface area contributed by atoms with Gasteiger partial charge < -0.3 is 21.1 Å². The number of carbonyl (C=O) groups is 1. The summed E-state index contributed by atoms with van der Waals surface area (Å²) in [5.74, 6) is 0.274. The molecule has 3 heterocycles. The zero-order valence-electron chi connectivity index (χ0n) is 18.4. The van der Waals surface area contributed by atoms with E-state index in [4.69, 9.17) is 0 Å². The van der Waals surface area contributed by atoms with Crippen LogP contribution >= 0.6 is 0 Å². The minimum Gasteiger partial charge on any atom is -0.387 e. The van der Waals surface area contributed by atoms with Crippen molar-refractivity contribution in [2.75, 3.05) is 23.7 Å². The quantitative estimate of drug-likeness (QED) is 0.399. The standard InChI is InChI=1S/C21H27F2N7O2/c1-20(2,23)12-26-14-9-17(28-16-6-8-30-18(29-16)5-7-27-30)24-10-13(14)19(31)25-11-15(22)21(3,4)32/h5-10,15,32H,11-12H2,1-4H3,(H,25,31)(H2,24,26,28,29). The molecule has 0 saturated heterocycles. The van der Waals surface area contributed by atoms with Crippen LogP contribution in [-0.2, 0) is 0 Å². The van der Waals surface area contributed by atoms with Gasteiger partial charge in [0.2, 0.25) is 0 Å². The lowest BCUT2D eigenvalue weighted by Crippen LogP contribution is -2.42. The van der Waals surface area contributed by atoms with Crippen molar-refractivity contribution in [2.24, 2.45) is 0 Å². The Kier molecular flexibility index (Phi) is 6.58. The molecule has 4 N–H and O–H groups in total. The summed E-state index contributed by atoms with van der Waals surface area (Å²) in [5, 5.41) is 22.2. The molecule has 3 aromatic heterocycles. The van der Waals surface area contributed by atoms with Crippen molar-refractivity contribution in [3.63, 3.8) is 0 Å². The molecule has 3 rings (SSSR count). The van der Waals surface area contributed by atoms with E-state index < -0.39 is 23.3 Å². The van der Waals surface area contributed by atoms with Gasteiger partial charge in [0.05, 0.1) is 29.6 Å². The van der Waals surface area contributed by atoms with Crippen molar-refractivity contribution in [1.29, 1.82) is 0 Å². The Hall–Kier alpha value is -3.34. The van der Waals surface area contributed by atoms with E-state index in [9.17, 15) is 18.7 Å². The number of aromatic nitrogens is 4. The molecule has 11 heteroatoms. The molecule has 0 bridgehead atoms. The first-order valence-corrected chi connectivity index (χ1v) is 10.1. The third kappa shape index (κ3) is 6.10. The highest BCUT2D eigenvalue weighted by Gasteiger charge is 2.27. The topological polar surface area (TPSA) is 116 Å². The maximum absolute atomic E-state index is 14.1. The van der Waals surface area contributed by atoms with Gasteiger partial charge in [0.15, 0.2) is 5.65 Å². The van der Waals surface area contributed by atoms with E-state index in [2.05, 4.69) is 31.0 Å². The van der Waals surface area contributed by atoms with Gasteiger partial charge in [-0.25, -0.2) is 23.3 Å². The van der Waals surface area contributed by atoms with Gasteiger partial charge in [-0.3, -0.25) is 4.79 Å². The maximum atomic E-state index is 14.1. The second-order valence-electron chi connectivity index (χ2n) is 8.59. The molecule has 0 aliphatic rings. The van der Waals surface area contributed by atoms with Crippen molar-refractivity contribution in [3.8, 4) is 0 Å². The van der Waals surface area contributed by atoms with E-state index in [0.29, 0.717) is 23.0 Å². The first-order chi connectivity index (χ1) is 14.9. The molecule has 1 unspecified atom stereocenters. The third-order valence-corrected chi connectivity index (χ3v) is 4.57. The highest BCUT2D eigenvalue weighted by molar-refractivity contribution is 5.99. The fraction of sp³-hybridized carbons (Fsp3) is 0.429. The van der Waals surface area contributed by atoms with Crippen LogP contribution in [0.25, 0.3) is 5.65 Å². The summed E-state index contributed by atoms with van der Waals surface area (Å²) in [7, 11) is 0. The van der Waals surface area contributed by atoms with Crippen LogP contribution in [0, 0.1) is 0 Å². The number of hydrogen-bond acceptors (Lipinski definition) is 7. The molecular weight excluding hydrogens is 420 g/mol. The smallest absolute Gasteiger partial charge is 0.255 e. The highest BCUT2D eigenvalue weighted by Crippen LogP contribution is 2.23. The average molecular weight is 447 g/mol. The number of hydrogen-bond donors (Lipinski definition) is 4. The minimum atomic E-state index is -1.66. The molecule has 172 valence electrons. The van der Waals surface area contributed by atoms with Crippen molar-refractivity contribution in [3.05, 3.63) is 42.4 Å². The lowest BCUT2D eigenvalue weighted by atomic mass is 10.0. The Morgan fingerprint density at radius 1 is 1.25 bits per heavy atom. The molecule has 0 spiro atoms. The van der Waals surface area contributed by atoms with Crippen LogP contribution < -0.4 is 16.0 Å². The molecule has 9 nitrogen and oxygen atoms in total. The van der Waals surface area contributed by atoms with Gasteiger partial charge in [-0.15, -0.1) is 0 Å². The average Bonchev–Trinajstić information content (AvgIpc) is 3.17. The Balaban J connectivity index is 1.81. The van der Waals surface area contributed by atoms with Crippen molar-refractivity contribution >= 4 is 28.9 Å². The number of rotatable bonds is 9. The Morgan fingerprint density at radius 3 is 2.69 bits per heavy atom. The van der Waals surface area contributed by atoms with Crippen LogP contribution in [0.1, 0.15) is 38.1 Å². The fourth-order valence-corrected chi connectivity index (χ4v) is 2.70. The number of aliphatic hydroxyl groups is 1. The molecule has 3 aromatic rings. The first kappa shape index (κ1) is 23.3. The van der Waals surface area contributed by atoms with Gasteiger partial charge in [-0.2, -0.15) is 5.10 Å². The predicted molar refractivity (Wildman–Crippen MR) is 118 cm³/mol. The van der Waals surface area contributed by atoms with Gasteiger partial charge in [0.1, 0.15) is 23.5 Å². The zero-order valence-corrected chi connectivity index (χ0v) is 18.4. The van der Waals surface area contributed by atoms with Gasteiger partial charge in [-0.05, 0) is 33.8 Å². The number of anilines is 3. The van der Waals surface area contributed by atoms with Crippen molar-refractivity contribution in [2.45, 2.75) is 45.1 Å². The van der Waals surface area contributed by atoms with Crippen LogP contribution in [0.15, 0.2) is 36.8 Å². The molecule has 0 saturated carbocycles. The maximum Gasteiger partial charge on any atom is 0.255 e. The molecule has 0 fully saturated rings. The predicted octanol–water partition coefficient (Wildman–Crippen LogP) is 2.87. The van der Waals surface area contributed by atoms with Gasteiger partial charge in [-0.1, -0.05) is 0 Å². The summed E-state index contributed by atoms with van der Waals surface area (Å²) in [6.07, 6.45) is 3.00. The van der Waals surface area contributed by atoms with E-state index in [0.717, 1.165) is 0 Å². The van der Waals surface area contributed by atoms with Gasteiger partial charge in [0, 0.05) is 31.1 Å². The number of amides is 1. The van der Waals surface area contributed by atoms with E-state index in [-0.39, 0.29) is 18.7 Å². The molecule has 1 amide bonds. The summed E-state index contributed by atoms with van der Waals surface area (Å²) < 4.78 is 29.7. The molecular formula is C21H27F2N7O2. The summed E-state index contributed by atoms with van der Waals surface area (Å²) in [6.45, 7) is 5.00. The van der Waals surface area contributed by atoms with Crippen LogP contribution in [0.4, 0.5) is 26.1 Å². The normalized spacial score (nSPS) is 13.1. The van der Waals surface area contributed by atoms with Crippen LogP contribution in [0.3, 0.4) is 0 Å². The largest absolute Gasteiger partial charge is 0.387 e. The molecule has 1 atom stereocenters. The lowest BCUT2D eigenvalue weighted by Gasteiger charge is -2.23. The second-order valence-corrected chi connectivity index (χ2v) is 8.59. The van der Waals surface area contributed by atoms with E-state index in [1.54, 1.807) is 35.1 Å². The number of halogens is 2. The van der Waals surface area contributed by atoms with Crippen LogP contribution in [0.2, 0.25) is 0 Å². The number of pyridine rings is 1. The summed E-state index contributed by atoms with van der Waals surface area (Å²) in [5.41, 5.74) is -2.07. The fourth-order valence-electron chi connectivity index (χ4n) is 2.70. The van der Waals surface area contributed by atoms with Crippen molar-refractivity contribution < 1.29 is 18.7 Å². The monoisotopic (exact) mass is 447 g/mol. The van der Waals surface area contributed by atoms with Crippen LogP contribution in [-0.4, -0.2) is 61.1 Å². The first-order valence-electron chi connectivity index (χ1n) is 10.1. The summed E-state index contributed by atoms with van der Waals surface area (Å²) in [4.78, 5) is 21.3. The summed E-state index contributed by atoms with van der Waals surface area (Å²) in [6, 6.07) is 5.00. The van der Waals surface area contributed by atoms with E-state index >= 15 is 0 Å². The Morgan fingerprint density at radius 2 is 2.00 bits per heavy atom.